The van der Waals surface area contributed by atoms with Crippen LogP contribution in [0.3, 0.4) is 0 Å². The van der Waals surface area contributed by atoms with E-state index in [4.69, 9.17) is 9.47 Å². The van der Waals surface area contributed by atoms with Crippen molar-refractivity contribution in [2.75, 3.05) is 19.5 Å². The third-order valence-electron chi connectivity index (χ3n) is 2.55. The van der Waals surface area contributed by atoms with Crippen molar-refractivity contribution in [3.05, 3.63) is 23.3 Å². The highest BCUT2D eigenvalue weighted by atomic mass is 79.9. The second-order valence-corrected chi connectivity index (χ2v) is 6.65. The van der Waals surface area contributed by atoms with Gasteiger partial charge in [0.25, 0.3) is 0 Å². The molecule has 0 aliphatic heterocycles. The van der Waals surface area contributed by atoms with E-state index in [9.17, 15) is 13.0 Å². The van der Waals surface area contributed by atoms with Gasteiger partial charge >= 0.3 is 0 Å². The topological polar surface area (TPSA) is 75.7 Å². The average molecular weight is 431 g/mol. The highest BCUT2D eigenvalue weighted by Gasteiger charge is 2.10. The highest BCUT2D eigenvalue weighted by Crippen LogP contribution is 2.31. The van der Waals surface area contributed by atoms with Crippen LogP contribution in [-0.4, -0.2) is 32.4 Å². The first-order chi connectivity index (χ1) is 9.41. The second-order valence-electron chi connectivity index (χ2n) is 4.00. The number of halogens is 2. The van der Waals surface area contributed by atoms with Gasteiger partial charge in [-0.25, -0.2) is 8.42 Å². The summed E-state index contributed by atoms with van der Waals surface area (Å²) >= 11 is 6.74. The van der Waals surface area contributed by atoms with Gasteiger partial charge in [-0.05, 0) is 18.6 Å². The molecule has 1 rings (SSSR count). The molecule has 0 spiro atoms. The van der Waals surface area contributed by atoms with Gasteiger partial charge in [-0.15, -0.1) is 0 Å². The third kappa shape index (κ3) is 5.59. The van der Waals surface area contributed by atoms with Crippen LogP contribution in [0.15, 0.2) is 12.1 Å². The normalized spacial score (nSPS) is 11.4. The minimum atomic E-state index is -4.18. The maximum atomic E-state index is 10.5. The molecule has 0 aliphatic rings. The number of hydrogen-bond donors (Lipinski definition) is 0. The first kappa shape index (κ1) is 17.7. The Hall–Kier alpha value is -0.310. The van der Waals surface area contributed by atoms with Crippen LogP contribution >= 0.6 is 31.9 Å². The van der Waals surface area contributed by atoms with E-state index in [2.05, 4.69) is 31.9 Å². The molecular formula is C12H15Br2O5S-. The van der Waals surface area contributed by atoms with E-state index in [-0.39, 0.29) is 13.0 Å². The monoisotopic (exact) mass is 429 g/mol. The van der Waals surface area contributed by atoms with Gasteiger partial charge in [-0.1, -0.05) is 31.9 Å². The molecule has 0 aliphatic carbocycles. The molecule has 0 N–H and O–H groups in total. The van der Waals surface area contributed by atoms with Crippen LogP contribution in [0.5, 0.6) is 11.5 Å². The molecule has 0 unspecified atom stereocenters. The lowest BCUT2D eigenvalue weighted by molar-refractivity contribution is 0.312. The van der Waals surface area contributed by atoms with Gasteiger partial charge in [-0.2, -0.15) is 0 Å². The van der Waals surface area contributed by atoms with Crippen molar-refractivity contribution in [3.63, 3.8) is 0 Å². The summed E-state index contributed by atoms with van der Waals surface area (Å²) in [4.78, 5) is 0. The summed E-state index contributed by atoms with van der Waals surface area (Å²) < 4.78 is 42.4. The largest absolute Gasteiger partial charge is 0.748 e. The second kappa shape index (κ2) is 8.21. The molecule has 0 saturated carbocycles. The van der Waals surface area contributed by atoms with E-state index < -0.39 is 15.9 Å². The summed E-state index contributed by atoms with van der Waals surface area (Å²) in [5.41, 5.74) is 1.83. The Morgan fingerprint density at radius 2 is 1.70 bits per heavy atom. The van der Waals surface area contributed by atoms with Crippen LogP contribution in [0, 0.1) is 0 Å². The molecule has 0 atom stereocenters. The maximum Gasteiger partial charge on any atom is 0.123 e. The Labute approximate surface area is 135 Å². The summed E-state index contributed by atoms with van der Waals surface area (Å²) in [6.07, 6.45) is 0.170. The molecule has 0 fully saturated rings. The van der Waals surface area contributed by atoms with Gasteiger partial charge in [0.05, 0.1) is 23.8 Å². The number of benzene rings is 1. The summed E-state index contributed by atoms with van der Waals surface area (Å²) in [5, 5.41) is 1.20. The van der Waals surface area contributed by atoms with Crippen molar-refractivity contribution in [2.24, 2.45) is 0 Å². The van der Waals surface area contributed by atoms with Crippen LogP contribution in [-0.2, 0) is 20.8 Å². The first-order valence-corrected chi connectivity index (χ1v) is 9.61. The van der Waals surface area contributed by atoms with E-state index in [1.54, 1.807) is 7.11 Å². The smallest absolute Gasteiger partial charge is 0.123 e. The lowest BCUT2D eigenvalue weighted by Crippen LogP contribution is -2.09. The lowest BCUT2D eigenvalue weighted by Gasteiger charge is -2.15. The Morgan fingerprint density at radius 1 is 1.15 bits per heavy atom. The molecule has 0 amide bonds. The van der Waals surface area contributed by atoms with Gasteiger partial charge in [0.2, 0.25) is 0 Å². The first-order valence-electron chi connectivity index (χ1n) is 5.79. The molecule has 0 heterocycles. The number of alkyl halides is 2. The average Bonchev–Trinajstić information content (AvgIpc) is 2.41. The summed E-state index contributed by atoms with van der Waals surface area (Å²) in [6.45, 7) is 0.176. The van der Waals surface area contributed by atoms with Gasteiger partial charge < -0.3 is 14.0 Å². The predicted molar refractivity (Wildman–Crippen MR) is 82.9 cm³/mol. The predicted octanol–water partition coefficient (Wildman–Crippen LogP) is 2.80. The van der Waals surface area contributed by atoms with Crippen molar-refractivity contribution < 1.29 is 22.4 Å². The molecule has 1 aromatic carbocycles. The molecule has 20 heavy (non-hydrogen) atoms. The van der Waals surface area contributed by atoms with Gasteiger partial charge in [0.1, 0.15) is 11.5 Å². The summed E-state index contributed by atoms with van der Waals surface area (Å²) in [6, 6.07) is 3.71. The fourth-order valence-corrected chi connectivity index (χ4v) is 2.94. The molecule has 1 aromatic rings. The fourth-order valence-electron chi connectivity index (χ4n) is 1.60. The fraction of sp³-hybridized carbons (Fsp3) is 0.500. The number of hydrogen-bond acceptors (Lipinski definition) is 5. The highest BCUT2D eigenvalue weighted by molar-refractivity contribution is 9.08. The number of rotatable bonds is 8. The standard InChI is InChI=1S/C12H16Br2O5S/c1-18-11-5-10(8-14)12(6-9(11)7-13)19-3-2-4-20(15,16)17/h5-6H,2-4,7-8H2,1H3,(H,15,16,17)/p-1. The Kier molecular flexibility index (Phi) is 7.28. The Balaban J connectivity index is 2.78. The van der Waals surface area contributed by atoms with Crippen LogP contribution in [0.25, 0.3) is 0 Å². The molecule has 0 aromatic heterocycles. The van der Waals surface area contributed by atoms with Crippen LogP contribution in [0.1, 0.15) is 17.5 Å². The zero-order valence-corrected chi connectivity index (χ0v) is 14.9. The summed E-state index contributed by atoms with van der Waals surface area (Å²) in [5.74, 6) is 0.990. The number of ether oxygens (including phenoxy) is 2. The van der Waals surface area contributed by atoms with Gasteiger partial charge in [0.15, 0.2) is 0 Å². The van der Waals surface area contributed by atoms with Crippen molar-refractivity contribution in [3.8, 4) is 11.5 Å². The van der Waals surface area contributed by atoms with Crippen molar-refractivity contribution in [1.29, 1.82) is 0 Å². The van der Waals surface area contributed by atoms with E-state index >= 15 is 0 Å². The molecule has 0 radical (unpaired) electrons. The van der Waals surface area contributed by atoms with E-state index in [0.717, 1.165) is 16.9 Å². The van der Waals surface area contributed by atoms with Crippen LogP contribution in [0.4, 0.5) is 0 Å². The van der Waals surface area contributed by atoms with E-state index in [0.29, 0.717) is 16.4 Å². The minimum absolute atomic E-state index is 0.170. The molecule has 5 nitrogen and oxygen atoms in total. The van der Waals surface area contributed by atoms with E-state index in [1.165, 1.54) is 0 Å². The zero-order chi connectivity index (χ0) is 15.2. The Bertz CT molecular complexity index is 545. The molecule has 114 valence electrons. The lowest BCUT2D eigenvalue weighted by atomic mass is 10.1. The summed E-state index contributed by atoms with van der Waals surface area (Å²) in [7, 11) is -2.59. The third-order valence-corrected chi connectivity index (χ3v) is 4.54. The minimum Gasteiger partial charge on any atom is -0.748 e. The van der Waals surface area contributed by atoms with Crippen molar-refractivity contribution >= 4 is 42.0 Å². The molecular weight excluding hydrogens is 416 g/mol. The van der Waals surface area contributed by atoms with Crippen molar-refractivity contribution in [1.82, 2.24) is 0 Å². The molecule has 0 saturated heterocycles. The molecule has 8 heteroatoms. The quantitative estimate of drug-likeness (QED) is 0.360. The van der Waals surface area contributed by atoms with E-state index in [1.807, 2.05) is 12.1 Å². The molecule has 0 bridgehead atoms. The Morgan fingerprint density at radius 3 is 2.20 bits per heavy atom. The maximum absolute atomic E-state index is 10.5. The van der Waals surface area contributed by atoms with Crippen molar-refractivity contribution in [2.45, 2.75) is 17.1 Å². The van der Waals surface area contributed by atoms with Crippen LogP contribution < -0.4 is 9.47 Å². The van der Waals surface area contributed by atoms with Crippen LogP contribution in [0.2, 0.25) is 0 Å². The SMILES string of the molecule is COc1cc(CBr)c(OCCCS(=O)(=O)[O-])cc1CBr. The van der Waals surface area contributed by atoms with Gasteiger partial charge in [-0.3, -0.25) is 0 Å². The zero-order valence-electron chi connectivity index (χ0n) is 10.9. The number of methoxy groups -OCH3 is 1. The van der Waals surface area contributed by atoms with Gasteiger partial charge in [0, 0.05) is 27.5 Å².